The Morgan fingerprint density at radius 2 is 1.80 bits per heavy atom. The average molecular weight is 263 g/mol. The lowest BCUT2D eigenvalue weighted by atomic mass is 10.1. The van der Waals surface area contributed by atoms with Crippen molar-refractivity contribution in [2.75, 3.05) is 0 Å². The molecule has 0 saturated carbocycles. The third-order valence-corrected chi connectivity index (χ3v) is 3.21. The van der Waals surface area contributed by atoms with Crippen LogP contribution in [-0.4, -0.2) is 15.9 Å². The molecular weight excluding hydrogens is 250 g/mol. The van der Waals surface area contributed by atoms with E-state index in [9.17, 15) is 9.90 Å². The van der Waals surface area contributed by atoms with Gasteiger partial charge in [0.15, 0.2) is 5.78 Å². The minimum atomic E-state index is -0.214. The molecule has 3 rings (SSSR count). The zero-order valence-corrected chi connectivity index (χ0v) is 10.7. The van der Waals surface area contributed by atoms with Crippen LogP contribution in [0.15, 0.2) is 60.8 Å². The minimum Gasteiger partial charge on any atom is -0.507 e. The van der Waals surface area contributed by atoms with Gasteiger partial charge in [-0.1, -0.05) is 30.3 Å². The number of aromatic nitrogens is 1. The van der Waals surface area contributed by atoms with Gasteiger partial charge in [-0.3, -0.25) is 4.79 Å². The van der Waals surface area contributed by atoms with Crippen LogP contribution in [0.1, 0.15) is 15.9 Å². The Hall–Kier alpha value is -2.81. The Labute approximate surface area is 116 Å². The number of fused-ring (bicyclic) bond motifs is 1. The van der Waals surface area contributed by atoms with Crippen LogP contribution < -0.4 is 0 Å². The topological polar surface area (TPSA) is 53.1 Å². The Kier molecular flexibility index (Phi) is 3.09. The fourth-order valence-corrected chi connectivity index (χ4v) is 2.17. The average Bonchev–Trinajstić information content (AvgIpc) is 2.88. The second-order valence-corrected chi connectivity index (χ2v) is 4.50. The van der Waals surface area contributed by atoms with Gasteiger partial charge in [0, 0.05) is 17.1 Å². The number of phenols is 1. The first-order chi connectivity index (χ1) is 9.75. The van der Waals surface area contributed by atoms with Crippen LogP contribution in [-0.2, 0) is 0 Å². The van der Waals surface area contributed by atoms with Gasteiger partial charge < -0.3 is 10.1 Å². The van der Waals surface area contributed by atoms with E-state index in [4.69, 9.17) is 0 Å². The Balaban J connectivity index is 1.91. The second kappa shape index (κ2) is 5.05. The predicted octanol–water partition coefficient (Wildman–Crippen LogP) is 3.77. The van der Waals surface area contributed by atoms with Crippen LogP contribution >= 0.6 is 0 Å². The molecule has 3 nitrogen and oxygen atoms in total. The van der Waals surface area contributed by atoms with Crippen LogP contribution in [0.3, 0.4) is 0 Å². The van der Waals surface area contributed by atoms with Crippen molar-refractivity contribution in [2.45, 2.75) is 0 Å². The normalized spacial score (nSPS) is 11.2. The molecule has 0 amide bonds. The van der Waals surface area contributed by atoms with E-state index in [1.165, 1.54) is 12.1 Å². The lowest BCUT2D eigenvalue weighted by Crippen LogP contribution is -1.93. The SMILES string of the molecule is O=C(/C=C/c1c[nH]c2ccccc12)c1ccccc1O. The van der Waals surface area contributed by atoms with E-state index in [1.54, 1.807) is 24.3 Å². The number of para-hydroxylation sites is 2. The number of allylic oxidation sites excluding steroid dienone is 1. The third-order valence-electron chi connectivity index (χ3n) is 3.21. The molecule has 0 aliphatic carbocycles. The highest BCUT2D eigenvalue weighted by molar-refractivity contribution is 6.09. The summed E-state index contributed by atoms with van der Waals surface area (Å²) in [7, 11) is 0. The first kappa shape index (κ1) is 12.2. The van der Waals surface area contributed by atoms with E-state index in [1.807, 2.05) is 30.5 Å². The van der Waals surface area contributed by atoms with Gasteiger partial charge in [0.25, 0.3) is 0 Å². The molecule has 3 heteroatoms. The monoisotopic (exact) mass is 263 g/mol. The molecule has 98 valence electrons. The van der Waals surface area contributed by atoms with Gasteiger partial charge in [0.1, 0.15) is 5.75 Å². The number of nitrogens with one attached hydrogen (secondary N) is 1. The summed E-state index contributed by atoms with van der Waals surface area (Å²) in [6.07, 6.45) is 5.09. The second-order valence-electron chi connectivity index (χ2n) is 4.50. The lowest BCUT2D eigenvalue weighted by Gasteiger charge is -1.98. The minimum absolute atomic E-state index is 0.000997. The maximum Gasteiger partial charge on any atom is 0.189 e. The van der Waals surface area contributed by atoms with Crippen LogP contribution in [0, 0.1) is 0 Å². The highest BCUT2D eigenvalue weighted by Gasteiger charge is 2.07. The number of ketones is 1. The molecule has 0 spiro atoms. The number of aromatic hydroxyl groups is 1. The number of hydrogen-bond donors (Lipinski definition) is 2. The van der Waals surface area contributed by atoms with Gasteiger partial charge in [0.05, 0.1) is 5.56 Å². The molecule has 2 N–H and O–H groups in total. The number of carbonyl (C=O) groups is 1. The summed E-state index contributed by atoms with van der Waals surface area (Å²) < 4.78 is 0. The molecule has 0 aliphatic rings. The summed E-state index contributed by atoms with van der Waals surface area (Å²) in [6.45, 7) is 0. The number of H-pyrrole nitrogens is 1. The van der Waals surface area contributed by atoms with Gasteiger partial charge >= 0.3 is 0 Å². The van der Waals surface area contributed by atoms with Gasteiger partial charge in [-0.25, -0.2) is 0 Å². The maximum atomic E-state index is 12.0. The highest BCUT2D eigenvalue weighted by Crippen LogP contribution is 2.20. The zero-order chi connectivity index (χ0) is 13.9. The van der Waals surface area contributed by atoms with Crippen molar-refractivity contribution < 1.29 is 9.90 Å². The molecule has 0 radical (unpaired) electrons. The van der Waals surface area contributed by atoms with E-state index >= 15 is 0 Å². The Bertz CT molecular complexity index is 799. The summed E-state index contributed by atoms with van der Waals surface area (Å²) in [5.41, 5.74) is 2.29. The number of benzene rings is 2. The summed E-state index contributed by atoms with van der Waals surface area (Å²) in [5, 5.41) is 10.7. The quantitative estimate of drug-likeness (QED) is 0.558. The molecule has 0 fully saturated rings. The largest absolute Gasteiger partial charge is 0.507 e. The Morgan fingerprint density at radius 3 is 2.65 bits per heavy atom. The van der Waals surface area contributed by atoms with Gasteiger partial charge in [-0.05, 0) is 35.9 Å². The Morgan fingerprint density at radius 1 is 1.05 bits per heavy atom. The lowest BCUT2D eigenvalue weighted by molar-refractivity contribution is 0.104. The van der Waals surface area contributed by atoms with Crippen molar-refractivity contribution in [1.82, 2.24) is 4.98 Å². The van der Waals surface area contributed by atoms with E-state index in [0.717, 1.165) is 16.5 Å². The molecule has 0 atom stereocenters. The van der Waals surface area contributed by atoms with Crippen LogP contribution in [0.5, 0.6) is 5.75 Å². The molecule has 20 heavy (non-hydrogen) atoms. The first-order valence-electron chi connectivity index (χ1n) is 6.32. The number of phenolic OH excluding ortho intramolecular Hbond substituents is 1. The summed E-state index contributed by atoms with van der Waals surface area (Å²) in [4.78, 5) is 15.2. The predicted molar refractivity (Wildman–Crippen MR) is 79.8 cm³/mol. The van der Waals surface area contributed by atoms with Crippen LogP contribution in [0.4, 0.5) is 0 Å². The van der Waals surface area contributed by atoms with Crippen molar-refractivity contribution in [3.05, 3.63) is 71.9 Å². The molecule has 0 aliphatic heterocycles. The maximum absolute atomic E-state index is 12.0. The zero-order valence-electron chi connectivity index (χ0n) is 10.7. The van der Waals surface area contributed by atoms with Crippen molar-refractivity contribution in [3.8, 4) is 5.75 Å². The molecule has 1 aromatic heterocycles. The molecule has 3 aromatic rings. The third kappa shape index (κ3) is 2.21. The number of aromatic amines is 1. The van der Waals surface area contributed by atoms with Crippen LogP contribution in [0.25, 0.3) is 17.0 Å². The van der Waals surface area contributed by atoms with E-state index in [-0.39, 0.29) is 11.5 Å². The number of rotatable bonds is 3. The van der Waals surface area contributed by atoms with E-state index in [0.29, 0.717) is 5.56 Å². The molecule has 0 bridgehead atoms. The molecule has 0 unspecified atom stereocenters. The molecule has 2 aromatic carbocycles. The van der Waals surface area contributed by atoms with Crippen molar-refractivity contribution in [3.63, 3.8) is 0 Å². The highest BCUT2D eigenvalue weighted by atomic mass is 16.3. The smallest absolute Gasteiger partial charge is 0.189 e. The molecular formula is C17H13NO2. The number of carbonyl (C=O) groups excluding carboxylic acids is 1. The van der Waals surface area contributed by atoms with Crippen molar-refractivity contribution in [1.29, 1.82) is 0 Å². The van der Waals surface area contributed by atoms with Gasteiger partial charge in [-0.15, -0.1) is 0 Å². The van der Waals surface area contributed by atoms with E-state index < -0.39 is 0 Å². The molecule has 0 saturated heterocycles. The van der Waals surface area contributed by atoms with E-state index in [2.05, 4.69) is 4.98 Å². The fraction of sp³-hybridized carbons (Fsp3) is 0. The molecule has 1 heterocycles. The van der Waals surface area contributed by atoms with Gasteiger partial charge in [-0.2, -0.15) is 0 Å². The summed E-state index contributed by atoms with van der Waals surface area (Å²) in [5.74, 6) is -0.213. The van der Waals surface area contributed by atoms with Crippen LogP contribution in [0.2, 0.25) is 0 Å². The standard InChI is InChI=1S/C17H13NO2/c19-16-8-4-2-6-14(16)17(20)10-9-12-11-18-15-7-3-1-5-13(12)15/h1-11,18-19H/b10-9+. The summed E-state index contributed by atoms with van der Waals surface area (Å²) >= 11 is 0. The number of hydrogen-bond acceptors (Lipinski definition) is 2. The van der Waals surface area contributed by atoms with Crippen molar-refractivity contribution >= 4 is 22.8 Å². The first-order valence-corrected chi connectivity index (χ1v) is 6.32. The van der Waals surface area contributed by atoms with Crippen molar-refractivity contribution in [2.24, 2.45) is 0 Å². The van der Waals surface area contributed by atoms with Gasteiger partial charge in [0.2, 0.25) is 0 Å². The fourth-order valence-electron chi connectivity index (χ4n) is 2.17. The summed E-state index contributed by atoms with van der Waals surface area (Å²) in [6, 6.07) is 14.4.